The van der Waals surface area contributed by atoms with Crippen LogP contribution in [0.15, 0.2) is 37.1 Å². The SMILES string of the molecule is O=C(NCc1cccnc1-n1ccnc1)[C@@H]1CC(=O)N(C2CCCC2)C1. The van der Waals surface area contributed by atoms with Crippen LogP contribution in [0.4, 0.5) is 0 Å². The second-order valence-electron chi connectivity index (χ2n) is 7.06. The molecule has 2 aromatic rings. The monoisotopic (exact) mass is 353 g/mol. The van der Waals surface area contributed by atoms with E-state index in [1.54, 1.807) is 18.7 Å². The van der Waals surface area contributed by atoms with Gasteiger partial charge in [0.25, 0.3) is 0 Å². The molecule has 1 saturated carbocycles. The van der Waals surface area contributed by atoms with Crippen LogP contribution in [0.2, 0.25) is 0 Å². The molecule has 2 aliphatic rings. The topological polar surface area (TPSA) is 80.1 Å². The van der Waals surface area contributed by atoms with Crippen molar-refractivity contribution in [3.05, 3.63) is 42.6 Å². The summed E-state index contributed by atoms with van der Waals surface area (Å²) in [6.07, 6.45) is 11.8. The number of nitrogens with zero attached hydrogens (tertiary/aromatic N) is 4. The summed E-state index contributed by atoms with van der Waals surface area (Å²) in [4.78, 5) is 35.2. The van der Waals surface area contributed by atoms with Gasteiger partial charge >= 0.3 is 0 Å². The zero-order valence-corrected chi connectivity index (χ0v) is 14.7. The maximum absolute atomic E-state index is 12.6. The maximum atomic E-state index is 12.6. The molecular weight excluding hydrogens is 330 g/mol. The van der Waals surface area contributed by atoms with Crippen molar-refractivity contribution < 1.29 is 9.59 Å². The van der Waals surface area contributed by atoms with E-state index in [0.29, 0.717) is 25.6 Å². The molecule has 7 nitrogen and oxygen atoms in total. The summed E-state index contributed by atoms with van der Waals surface area (Å²) in [6, 6.07) is 4.13. The number of imidazole rings is 1. The number of hydrogen-bond acceptors (Lipinski definition) is 4. The van der Waals surface area contributed by atoms with Crippen molar-refractivity contribution >= 4 is 11.8 Å². The molecule has 4 rings (SSSR count). The Balaban J connectivity index is 1.38. The number of aromatic nitrogens is 3. The number of pyridine rings is 1. The molecule has 0 unspecified atom stereocenters. The fourth-order valence-corrected chi connectivity index (χ4v) is 3.99. The van der Waals surface area contributed by atoms with Crippen LogP contribution < -0.4 is 5.32 Å². The molecule has 1 aliphatic heterocycles. The average molecular weight is 353 g/mol. The van der Waals surface area contributed by atoms with Crippen LogP contribution in [0.1, 0.15) is 37.7 Å². The second kappa shape index (κ2) is 7.27. The largest absolute Gasteiger partial charge is 0.352 e. The third kappa shape index (κ3) is 3.34. The summed E-state index contributed by atoms with van der Waals surface area (Å²) < 4.78 is 1.82. The Bertz CT molecular complexity index is 783. The fourth-order valence-electron chi connectivity index (χ4n) is 3.99. The van der Waals surface area contributed by atoms with Crippen LogP contribution in [0, 0.1) is 5.92 Å². The molecule has 0 spiro atoms. The molecule has 1 N–H and O–H groups in total. The summed E-state index contributed by atoms with van der Waals surface area (Å²) in [5.74, 6) is 0.564. The van der Waals surface area contributed by atoms with E-state index >= 15 is 0 Å². The zero-order chi connectivity index (χ0) is 17.9. The van der Waals surface area contributed by atoms with Crippen LogP contribution >= 0.6 is 0 Å². The van der Waals surface area contributed by atoms with Crippen LogP contribution in [-0.2, 0) is 16.1 Å². The minimum atomic E-state index is -0.253. The van der Waals surface area contributed by atoms with Crippen LogP contribution in [0.5, 0.6) is 0 Å². The number of amides is 2. The van der Waals surface area contributed by atoms with Crippen molar-refractivity contribution in [3.8, 4) is 5.82 Å². The fraction of sp³-hybridized carbons (Fsp3) is 0.474. The second-order valence-corrected chi connectivity index (χ2v) is 7.06. The third-order valence-corrected chi connectivity index (χ3v) is 5.36. The Morgan fingerprint density at radius 1 is 1.27 bits per heavy atom. The number of hydrogen-bond donors (Lipinski definition) is 1. The van der Waals surface area contributed by atoms with Gasteiger partial charge < -0.3 is 10.2 Å². The molecule has 136 valence electrons. The van der Waals surface area contributed by atoms with E-state index in [-0.39, 0.29) is 17.7 Å². The van der Waals surface area contributed by atoms with Crippen molar-refractivity contribution in [2.75, 3.05) is 6.54 Å². The Morgan fingerprint density at radius 2 is 2.12 bits per heavy atom. The predicted octanol–water partition coefficient (Wildman–Crippen LogP) is 1.67. The standard InChI is InChI=1S/C19H23N5O2/c25-17-10-15(12-24(17)16-5-1-2-6-16)19(26)22-11-14-4-3-7-21-18(14)23-9-8-20-13-23/h3-4,7-9,13,15-16H,1-2,5-6,10-12H2,(H,22,26)/t15-/m1/s1. The van der Waals surface area contributed by atoms with E-state index in [4.69, 9.17) is 0 Å². The summed E-state index contributed by atoms with van der Waals surface area (Å²) in [7, 11) is 0. The first kappa shape index (κ1) is 16.8. The Morgan fingerprint density at radius 3 is 2.88 bits per heavy atom. The average Bonchev–Trinajstić information content (AvgIpc) is 3.40. The van der Waals surface area contributed by atoms with Crippen LogP contribution in [0.25, 0.3) is 5.82 Å². The summed E-state index contributed by atoms with van der Waals surface area (Å²) in [5.41, 5.74) is 0.913. The van der Waals surface area contributed by atoms with E-state index in [1.807, 2.05) is 27.8 Å². The van der Waals surface area contributed by atoms with Gasteiger partial charge in [-0.05, 0) is 18.9 Å². The molecule has 2 fully saturated rings. The molecule has 26 heavy (non-hydrogen) atoms. The first-order chi connectivity index (χ1) is 12.7. The Hall–Kier alpha value is -2.70. The van der Waals surface area contributed by atoms with Crippen LogP contribution in [0.3, 0.4) is 0 Å². The minimum Gasteiger partial charge on any atom is -0.352 e. The maximum Gasteiger partial charge on any atom is 0.225 e. The smallest absolute Gasteiger partial charge is 0.225 e. The van der Waals surface area contributed by atoms with Gasteiger partial charge in [0.2, 0.25) is 11.8 Å². The number of rotatable bonds is 5. The lowest BCUT2D eigenvalue weighted by molar-refractivity contribution is -0.130. The van der Waals surface area contributed by atoms with Crippen molar-refractivity contribution in [1.82, 2.24) is 24.8 Å². The zero-order valence-electron chi connectivity index (χ0n) is 14.7. The molecule has 7 heteroatoms. The number of likely N-dealkylation sites (tertiary alicyclic amines) is 1. The van der Waals surface area contributed by atoms with Gasteiger partial charge in [-0.1, -0.05) is 18.9 Å². The first-order valence-electron chi connectivity index (χ1n) is 9.22. The van der Waals surface area contributed by atoms with Crippen molar-refractivity contribution in [2.45, 2.75) is 44.7 Å². The predicted molar refractivity (Wildman–Crippen MR) is 95.3 cm³/mol. The lowest BCUT2D eigenvalue weighted by Crippen LogP contribution is -2.36. The molecule has 0 aromatic carbocycles. The molecule has 2 amide bonds. The highest BCUT2D eigenvalue weighted by molar-refractivity contribution is 5.89. The van der Waals surface area contributed by atoms with E-state index < -0.39 is 0 Å². The lowest BCUT2D eigenvalue weighted by atomic mass is 10.1. The van der Waals surface area contributed by atoms with Gasteiger partial charge in [0.15, 0.2) is 0 Å². The highest BCUT2D eigenvalue weighted by atomic mass is 16.2. The highest BCUT2D eigenvalue weighted by Gasteiger charge is 2.38. The first-order valence-corrected chi connectivity index (χ1v) is 9.22. The van der Waals surface area contributed by atoms with Gasteiger partial charge in [-0.15, -0.1) is 0 Å². The van der Waals surface area contributed by atoms with E-state index in [0.717, 1.165) is 24.2 Å². The van der Waals surface area contributed by atoms with E-state index in [1.165, 1.54) is 12.8 Å². The normalized spacial score (nSPS) is 20.7. The van der Waals surface area contributed by atoms with Gasteiger partial charge in [0, 0.05) is 49.7 Å². The summed E-state index contributed by atoms with van der Waals surface area (Å²) >= 11 is 0. The number of carbonyl (C=O) groups is 2. The van der Waals surface area contributed by atoms with E-state index in [2.05, 4.69) is 15.3 Å². The molecule has 0 radical (unpaired) electrons. The number of carbonyl (C=O) groups excluding carboxylic acids is 2. The summed E-state index contributed by atoms with van der Waals surface area (Å²) in [5, 5.41) is 2.98. The molecule has 0 bridgehead atoms. The molecule has 1 aliphatic carbocycles. The van der Waals surface area contributed by atoms with Gasteiger partial charge in [0.1, 0.15) is 12.1 Å². The molecular formula is C19H23N5O2. The summed E-state index contributed by atoms with van der Waals surface area (Å²) in [6.45, 7) is 0.936. The third-order valence-electron chi connectivity index (χ3n) is 5.36. The molecule has 2 aromatic heterocycles. The van der Waals surface area contributed by atoms with Gasteiger partial charge in [0.05, 0.1) is 5.92 Å². The molecule has 3 heterocycles. The molecule has 1 saturated heterocycles. The minimum absolute atomic E-state index is 0.0562. The lowest BCUT2D eigenvalue weighted by Gasteiger charge is -2.23. The van der Waals surface area contributed by atoms with Crippen molar-refractivity contribution in [2.24, 2.45) is 5.92 Å². The highest BCUT2D eigenvalue weighted by Crippen LogP contribution is 2.29. The molecule has 1 atom stereocenters. The van der Waals surface area contributed by atoms with Gasteiger partial charge in [-0.3, -0.25) is 14.2 Å². The Kier molecular flexibility index (Phi) is 4.69. The van der Waals surface area contributed by atoms with Crippen molar-refractivity contribution in [3.63, 3.8) is 0 Å². The quantitative estimate of drug-likeness (QED) is 0.887. The van der Waals surface area contributed by atoms with Crippen molar-refractivity contribution in [1.29, 1.82) is 0 Å². The van der Waals surface area contributed by atoms with E-state index in [9.17, 15) is 9.59 Å². The number of nitrogens with one attached hydrogen (secondary N) is 1. The van der Waals surface area contributed by atoms with Crippen LogP contribution in [-0.4, -0.2) is 43.8 Å². The van der Waals surface area contributed by atoms with Gasteiger partial charge in [-0.2, -0.15) is 0 Å². The Labute approximate surface area is 152 Å². The van der Waals surface area contributed by atoms with Gasteiger partial charge in [-0.25, -0.2) is 9.97 Å².